The van der Waals surface area contributed by atoms with Crippen molar-refractivity contribution in [1.29, 1.82) is 0 Å². The van der Waals surface area contributed by atoms with Gasteiger partial charge in [0.25, 0.3) is 0 Å². The van der Waals surface area contributed by atoms with E-state index in [1.165, 1.54) is 18.5 Å². The Hall–Kier alpha value is -3.35. The summed E-state index contributed by atoms with van der Waals surface area (Å²) >= 11 is 0. The Morgan fingerprint density at radius 1 is 1.04 bits per heavy atom. The van der Waals surface area contributed by atoms with Crippen LogP contribution in [0, 0.1) is 0 Å². The summed E-state index contributed by atoms with van der Waals surface area (Å²) in [6.07, 6.45) is 5.94. The molecule has 7 nitrogen and oxygen atoms in total. The lowest BCUT2D eigenvalue weighted by atomic mass is 10.1. The van der Waals surface area contributed by atoms with Gasteiger partial charge in [-0.2, -0.15) is 0 Å². The van der Waals surface area contributed by atoms with Crippen LogP contribution in [0.3, 0.4) is 0 Å². The van der Waals surface area contributed by atoms with Crippen molar-refractivity contribution in [2.24, 2.45) is 0 Å². The fraction of sp³-hybridized carbons (Fsp3) is 0.211. The summed E-state index contributed by atoms with van der Waals surface area (Å²) in [6, 6.07) is 12.0. The molecule has 0 radical (unpaired) electrons. The molecule has 0 aliphatic carbocycles. The van der Waals surface area contributed by atoms with Gasteiger partial charge in [-0.1, -0.05) is 12.1 Å². The summed E-state index contributed by atoms with van der Waals surface area (Å²) in [6.45, 7) is 2.21. The summed E-state index contributed by atoms with van der Waals surface area (Å²) in [5.41, 5.74) is 9.67. The third-order valence-electron chi connectivity index (χ3n) is 4.70. The monoisotopic (exact) mass is 346 g/mol. The SMILES string of the molecule is Nc1nc(-c2cccc(N3CCCC3)c2)cn2nc(-c3ccco3)nc12. The van der Waals surface area contributed by atoms with Crippen LogP contribution in [-0.2, 0) is 0 Å². The van der Waals surface area contributed by atoms with Crippen molar-refractivity contribution < 1.29 is 4.42 Å². The fourth-order valence-corrected chi connectivity index (χ4v) is 3.40. The molecule has 1 saturated heterocycles. The van der Waals surface area contributed by atoms with Gasteiger partial charge < -0.3 is 15.1 Å². The number of furan rings is 1. The topological polar surface area (TPSA) is 85.5 Å². The van der Waals surface area contributed by atoms with E-state index in [1.54, 1.807) is 16.8 Å². The maximum Gasteiger partial charge on any atom is 0.218 e. The zero-order valence-electron chi connectivity index (χ0n) is 14.2. The number of aromatic nitrogens is 4. The van der Waals surface area contributed by atoms with Crippen molar-refractivity contribution in [1.82, 2.24) is 19.6 Å². The van der Waals surface area contributed by atoms with Crippen molar-refractivity contribution in [2.45, 2.75) is 12.8 Å². The number of fused-ring (bicyclic) bond motifs is 1. The predicted molar refractivity (Wildman–Crippen MR) is 99.8 cm³/mol. The molecule has 5 rings (SSSR count). The number of nitrogens with two attached hydrogens (primary N) is 1. The van der Waals surface area contributed by atoms with Gasteiger partial charge in [0, 0.05) is 24.3 Å². The van der Waals surface area contributed by atoms with Gasteiger partial charge in [-0.05, 0) is 37.1 Å². The van der Waals surface area contributed by atoms with Crippen molar-refractivity contribution >= 4 is 17.2 Å². The molecule has 1 aliphatic heterocycles. The van der Waals surface area contributed by atoms with Gasteiger partial charge in [0.05, 0.1) is 18.2 Å². The lowest BCUT2D eigenvalue weighted by molar-refractivity contribution is 0.577. The molecule has 4 aromatic rings. The third-order valence-corrected chi connectivity index (χ3v) is 4.70. The van der Waals surface area contributed by atoms with Crippen molar-refractivity contribution in [3.05, 3.63) is 48.9 Å². The maximum absolute atomic E-state index is 6.15. The van der Waals surface area contributed by atoms with E-state index in [0.29, 0.717) is 23.0 Å². The molecule has 4 heterocycles. The minimum atomic E-state index is 0.347. The van der Waals surface area contributed by atoms with Crippen LogP contribution in [0.2, 0.25) is 0 Å². The minimum absolute atomic E-state index is 0.347. The van der Waals surface area contributed by atoms with Gasteiger partial charge in [0.15, 0.2) is 17.2 Å². The van der Waals surface area contributed by atoms with E-state index < -0.39 is 0 Å². The highest BCUT2D eigenvalue weighted by Gasteiger charge is 2.16. The number of benzene rings is 1. The van der Waals surface area contributed by atoms with Crippen LogP contribution in [-0.4, -0.2) is 32.7 Å². The van der Waals surface area contributed by atoms with Gasteiger partial charge in [0.1, 0.15) is 0 Å². The number of hydrogen-bond donors (Lipinski definition) is 1. The lowest BCUT2D eigenvalue weighted by Crippen LogP contribution is -2.17. The highest BCUT2D eigenvalue weighted by molar-refractivity contribution is 5.71. The Morgan fingerprint density at radius 2 is 1.92 bits per heavy atom. The minimum Gasteiger partial charge on any atom is -0.461 e. The van der Waals surface area contributed by atoms with Crippen molar-refractivity contribution in [3.8, 4) is 22.8 Å². The molecule has 3 aromatic heterocycles. The summed E-state index contributed by atoms with van der Waals surface area (Å²) < 4.78 is 7.04. The van der Waals surface area contributed by atoms with Crippen LogP contribution in [0.25, 0.3) is 28.5 Å². The van der Waals surface area contributed by atoms with E-state index >= 15 is 0 Å². The highest BCUT2D eigenvalue weighted by atomic mass is 16.3. The van der Waals surface area contributed by atoms with Gasteiger partial charge >= 0.3 is 0 Å². The zero-order valence-corrected chi connectivity index (χ0v) is 14.2. The molecule has 26 heavy (non-hydrogen) atoms. The molecule has 1 fully saturated rings. The van der Waals surface area contributed by atoms with Gasteiger partial charge in [-0.25, -0.2) is 14.5 Å². The second-order valence-electron chi connectivity index (χ2n) is 6.44. The number of hydrogen-bond acceptors (Lipinski definition) is 6. The van der Waals surface area contributed by atoms with E-state index in [4.69, 9.17) is 10.2 Å². The molecule has 0 bridgehead atoms. The first-order valence-electron chi connectivity index (χ1n) is 8.70. The van der Waals surface area contributed by atoms with Gasteiger partial charge in [-0.3, -0.25) is 0 Å². The highest BCUT2D eigenvalue weighted by Crippen LogP contribution is 2.27. The molecule has 1 aliphatic rings. The Morgan fingerprint density at radius 3 is 2.73 bits per heavy atom. The molecular weight excluding hydrogens is 328 g/mol. The average Bonchev–Trinajstić information content (AvgIpc) is 3.41. The number of rotatable bonds is 3. The van der Waals surface area contributed by atoms with Crippen LogP contribution < -0.4 is 10.6 Å². The second kappa shape index (κ2) is 5.87. The molecule has 2 N–H and O–H groups in total. The Balaban J connectivity index is 1.58. The largest absolute Gasteiger partial charge is 0.461 e. The summed E-state index contributed by atoms with van der Waals surface area (Å²) in [5, 5.41) is 4.48. The van der Waals surface area contributed by atoms with Crippen molar-refractivity contribution in [3.63, 3.8) is 0 Å². The van der Waals surface area contributed by atoms with E-state index in [9.17, 15) is 0 Å². The smallest absolute Gasteiger partial charge is 0.218 e. The van der Waals surface area contributed by atoms with Gasteiger partial charge in [-0.15, -0.1) is 5.10 Å². The molecule has 0 saturated carbocycles. The average molecular weight is 346 g/mol. The number of anilines is 2. The Kier molecular flexibility index (Phi) is 3.38. The molecular formula is C19H18N6O. The van der Waals surface area contributed by atoms with Crippen LogP contribution >= 0.6 is 0 Å². The van der Waals surface area contributed by atoms with Crippen LogP contribution in [0.4, 0.5) is 11.5 Å². The molecule has 0 amide bonds. The molecule has 0 spiro atoms. The Bertz CT molecular complexity index is 1060. The number of nitrogens with zero attached hydrogens (tertiary/aromatic N) is 5. The third kappa shape index (κ3) is 2.48. The van der Waals surface area contributed by atoms with E-state index in [1.807, 2.05) is 18.3 Å². The lowest BCUT2D eigenvalue weighted by Gasteiger charge is -2.18. The quantitative estimate of drug-likeness (QED) is 0.613. The fourth-order valence-electron chi connectivity index (χ4n) is 3.40. The first-order chi connectivity index (χ1) is 12.8. The molecule has 130 valence electrons. The molecule has 1 aromatic carbocycles. The van der Waals surface area contributed by atoms with E-state index in [-0.39, 0.29) is 0 Å². The molecule has 0 atom stereocenters. The van der Waals surface area contributed by atoms with Crippen molar-refractivity contribution in [2.75, 3.05) is 23.7 Å². The first-order valence-corrected chi connectivity index (χ1v) is 8.70. The Labute approximate surface area is 150 Å². The predicted octanol–water partition coefficient (Wildman–Crippen LogP) is 3.23. The van der Waals surface area contributed by atoms with Crippen LogP contribution in [0.15, 0.2) is 53.3 Å². The first kappa shape index (κ1) is 14.9. The maximum atomic E-state index is 6.15. The van der Waals surface area contributed by atoms with Crippen LogP contribution in [0.1, 0.15) is 12.8 Å². The molecule has 0 unspecified atom stereocenters. The normalized spacial score (nSPS) is 14.4. The van der Waals surface area contributed by atoms with Crippen LogP contribution in [0.5, 0.6) is 0 Å². The summed E-state index contributed by atoms with van der Waals surface area (Å²) in [5.74, 6) is 1.44. The molecule has 7 heteroatoms. The summed E-state index contributed by atoms with van der Waals surface area (Å²) in [7, 11) is 0. The van der Waals surface area contributed by atoms with E-state index in [0.717, 1.165) is 24.3 Å². The summed E-state index contributed by atoms with van der Waals surface area (Å²) in [4.78, 5) is 11.4. The van der Waals surface area contributed by atoms with E-state index in [2.05, 4.69) is 38.2 Å². The number of nitrogen functional groups attached to an aromatic ring is 1. The standard InChI is InChI=1S/C19H18N6O/c20-17-19-22-18(16-7-4-10-26-16)23-25(19)12-15(21-17)13-5-3-6-14(11-13)24-8-1-2-9-24/h3-7,10-12H,1-2,8-9H2,(H2,20,21). The second-order valence-corrected chi connectivity index (χ2v) is 6.44. The van der Waals surface area contributed by atoms with Gasteiger partial charge in [0.2, 0.25) is 5.82 Å². The zero-order chi connectivity index (χ0) is 17.5.